The number of urea groups is 1. The number of rotatable bonds is 6. The summed E-state index contributed by atoms with van der Waals surface area (Å²) < 4.78 is 0. The number of halogens is 1. The van der Waals surface area contributed by atoms with Gasteiger partial charge in [0, 0.05) is 13.1 Å². The van der Waals surface area contributed by atoms with E-state index >= 15 is 0 Å². The van der Waals surface area contributed by atoms with Crippen LogP contribution in [-0.4, -0.2) is 35.7 Å². The molecule has 1 aromatic rings. The average Bonchev–Trinajstić information content (AvgIpc) is 2.37. The van der Waals surface area contributed by atoms with Gasteiger partial charge < -0.3 is 15.3 Å². The maximum Gasteiger partial charge on any atom is 0.321 e. The Labute approximate surface area is 119 Å². The lowest BCUT2D eigenvalue weighted by Crippen LogP contribution is -2.37. The maximum absolute atomic E-state index is 12.1. The zero-order chi connectivity index (χ0) is 14.3. The molecule has 0 radical (unpaired) electrons. The van der Waals surface area contributed by atoms with E-state index in [9.17, 15) is 4.79 Å². The summed E-state index contributed by atoms with van der Waals surface area (Å²) in [6, 6.07) is 5.25. The predicted octanol–water partition coefficient (Wildman–Crippen LogP) is 3.27. The van der Waals surface area contributed by atoms with Crippen LogP contribution in [0.15, 0.2) is 18.2 Å². The topological polar surface area (TPSA) is 52.6 Å². The first-order valence-corrected chi connectivity index (χ1v) is 6.89. The monoisotopic (exact) mass is 284 g/mol. The van der Waals surface area contributed by atoms with Crippen molar-refractivity contribution in [1.82, 2.24) is 4.90 Å². The lowest BCUT2D eigenvalue weighted by molar-refractivity contribution is 0.187. The smallest absolute Gasteiger partial charge is 0.321 e. The van der Waals surface area contributed by atoms with E-state index in [1.165, 1.54) is 0 Å². The van der Waals surface area contributed by atoms with Crippen molar-refractivity contribution in [2.24, 2.45) is 0 Å². The van der Waals surface area contributed by atoms with Gasteiger partial charge in [-0.05, 0) is 31.0 Å². The summed E-state index contributed by atoms with van der Waals surface area (Å²) in [6.45, 7) is 4.92. The highest BCUT2D eigenvalue weighted by Gasteiger charge is 2.13. The van der Waals surface area contributed by atoms with Crippen molar-refractivity contribution >= 4 is 23.3 Å². The fourth-order valence-electron chi connectivity index (χ4n) is 1.70. The van der Waals surface area contributed by atoms with Crippen molar-refractivity contribution in [2.45, 2.75) is 26.7 Å². The van der Waals surface area contributed by atoms with Crippen molar-refractivity contribution in [1.29, 1.82) is 0 Å². The largest absolute Gasteiger partial charge is 0.395 e. The number of amides is 2. The van der Waals surface area contributed by atoms with Crippen LogP contribution in [-0.2, 0) is 0 Å². The summed E-state index contributed by atoms with van der Waals surface area (Å²) in [4.78, 5) is 13.7. The summed E-state index contributed by atoms with van der Waals surface area (Å²) in [7, 11) is 0. The van der Waals surface area contributed by atoms with E-state index in [-0.39, 0.29) is 12.6 Å². The lowest BCUT2D eigenvalue weighted by Gasteiger charge is -2.22. The number of hydrogen-bond donors (Lipinski definition) is 2. The normalized spacial score (nSPS) is 10.3. The molecule has 0 bridgehead atoms. The first-order chi connectivity index (χ1) is 9.08. The number of nitrogens with zero attached hydrogens (tertiary/aromatic N) is 1. The van der Waals surface area contributed by atoms with Crippen LogP contribution < -0.4 is 5.32 Å². The molecule has 106 valence electrons. The van der Waals surface area contributed by atoms with Gasteiger partial charge in [0.25, 0.3) is 0 Å². The maximum atomic E-state index is 12.1. The second-order valence-electron chi connectivity index (χ2n) is 4.48. The van der Waals surface area contributed by atoms with E-state index in [4.69, 9.17) is 16.7 Å². The molecular formula is C14H21ClN2O2. The van der Waals surface area contributed by atoms with E-state index in [0.29, 0.717) is 23.8 Å². The fourth-order valence-corrected chi connectivity index (χ4v) is 1.98. The number of nitrogens with one attached hydrogen (secondary N) is 1. The summed E-state index contributed by atoms with van der Waals surface area (Å²) in [5.41, 5.74) is 1.64. The molecule has 0 saturated carbocycles. The minimum Gasteiger partial charge on any atom is -0.395 e. The van der Waals surface area contributed by atoms with Crippen molar-refractivity contribution in [3.8, 4) is 0 Å². The van der Waals surface area contributed by atoms with Crippen LogP contribution in [0.2, 0.25) is 5.02 Å². The number of unbranched alkanes of at least 4 members (excludes halogenated alkanes) is 1. The number of benzene rings is 1. The number of aryl methyl sites for hydroxylation is 1. The van der Waals surface area contributed by atoms with Crippen LogP contribution in [0.3, 0.4) is 0 Å². The van der Waals surface area contributed by atoms with Gasteiger partial charge in [-0.15, -0.1) is 0 Å². The molecule has 1 aromatic carbocycles. The van der Waals surface area contributed by atoms with E-state index in [0.717, 1.165) is 18.4 Å². The molecular weight excluding hydrogens is 264 g/mol. The highest BCUT2D eigenvalue weighted by atomic mass is 35.5. The molecule has 0 atom stereocenters. The van der Waals surface area contributed by atoms with Crippen LogP contribution in [0.5, 0.6) is 0 Å². The fraction of sp³-hybridized carbons (Fsp3) is 0.500. The summed E-state index contributed by atoms with van der Waals surface area (Å²) in [6.07, 6.45) is 1.91. The average molecular weight is 285 g/mol. The molecule has 5 heteroatoms. The van der Waals surface area contributed by atoms with Crippen molar-refractivity contribution in [3.05, 3.63) is 28.8 Å². The zero-order valence-corrected chi connectivity index (χ0v) is 12.2. The number of carbonyl (C=O) groups excluding carboxylic acids is 1. The van der Waals surface area contributed by atoms with Crippen LogP contribution >= 0.6 is 11.6 Å². The van der Waals surface area contributed by atoms with Gasteiger partial charge in [0.2, 0.25) is 0 Å². The van der Waals surface area contributed by atoms with Crippen LogP contribution in [0.1, 0.15) is 25.3 Å². The molecule has 0 aliphatic carbocycles. The highest BCUT2D eigenvalue weighted by molar-refractivity contribution is 6.33. The van der Waals surface area contributed by atoms with Crippen LogP contribution in [0.25, 0.3) is 0 Å². The van der Waals surface area contributed by atoms with Crippen LogP contribution in [0.4, 0.5) is 10.5 Å². The Balaban J connectivity index is 2.69. The molecule has 0 fully saturated rings. The highest BCUT2D eigenvalue weighted by Crippen LogP contribution is 2.23. The second-order valence-corrected chi connectivity index (χ2v) is 4.88. The molecule has 0 saturated heterocycles. The standard InChI is InChI=1S/C14H21ClN2O2/c1-3-4-7-17(8-9-18)14(19)16-13-6-5-11(2)10-12(13)15/h5-6,10,18H,3-4,7-9H2,1-2H3,(H,16,19). The number of anilines is 1. The van der Waals surface area contributed by atoms with E-state index in [1.54, 1.807) is 17.0 Å². The third-order valence-corrected chi connectivity index (χ3v) is 3.12. The Morgan fingerprint density at radius 2 is 2.16 bits per heavy atom. The number of hydrogen-bond acceptors (Lipinski definition) is 2. The van der Waals surface area contributed by atoms with Crippen LogP contribution in [0, 0.1) is 6.92 Å². The molecule has 0 spiro atoms. The molecule has 19 heavy (non-hydrogen) atoms. The van der Waals surface area contributed by atoms with Gasteiger partial charge in [-0.2, -0.15) is 0 Å². The Kier molecular flexibility index (Phi) is 6.67. The Morgan fingerprint density at radius 3 is 2.74 bits per heavy atom. The third kappa shape index (κ3) is 5.09. The number of aliphatic hydroxyl groups is 1. The quantitative estimate of drug-likeness (QED) is 0.842. The minimum absolute atomic E-state index is 0.0429. The number of carbonyl (C=O) groups is 1. The Bertz CT molecular complexity index is 424. The first-order valence-electron chi connectivity index (χ1n) is 6.51. The zero-order valence-electron chi connectivity index (χ0n) is 11.4. The molecule has 0 aliphatic heterocycles. The van der Waals surface area contributed by atoms with Crippen molar-refractivity contribution < 1.29 is 9.90 Å². The molecule has 2 N–H and O–H groups in total. The van der Waals surface area contributed by atoms with Crippen molar-refractivity contribution in [3.63, 3.8) is 0 Å². The van der Waals surface area contributed by atoms with Gasteiger partial charge in [0.15, 0.2) is 0 Å². The van der Waals surface area contributed by atoms with Gasteiger partial charge in [0.1, 0.15) is 0 Å². The molecule has 0 heterocycles. The number of aliphatic hydroxyl groups excluding tert-OH is 1. The lowest BCUT2D eigenvalue weighted by atomic mass is 10.2. The molecule has 4 nitrogen and oxygen atoms in total. The van der Waals surface area contributed by atoms with E-state index in [2.05, 4.69) is 12.2 Å². The van der Waals surface area contributed by atoms with Gasteiger partial charge in [0.05, 0.1) is 17.3 Å². The molecule has 0 aliphatic rings. The van der Waals surface area contributed by atoms with E-state index in [1.807, 2.05) is 13.0 Å². The van der Waals surface area contributed by atoms with Gasteiger partial charge in [-0.1, -0.05) is 31.0 Å². The van der Waals surface area contributed by atoms with Crippen molar-refractivity contribution in [2.75, 3.05) is 25.0 Å². The Hall–Kier alpha value is -1.26. The van der Waals surface area contributed by atoms with Gasteiger partial charge >= 0.3 is 6.03 Å². The van der Waals surface area contributed by atoms with Gasteiger partial charge in [-0.3, -0.25) is 0 Å². The summed E-state index contributed by atoms with van der Waals surface area (Å²) in [5.74, 6) is 0. The van der Waals surface area contributed by atoms with Gasteiger partial charge in [-0.25, -0.2) is 4.79 Å². The SMILES string of the molecule is CCCCN(CCO)C(=O)Nc1ccc(C)cc1Cl. The molecule has 1 rings (SSSR count). The summed E-state index contributed by atoms with van der Waals surface area (Å²) >= 11 is 6.08. The Morgan fingerprint density at radius 1 is 1.42 bits per heavy atom. The second kappa shape index (κ2) is 8.02. The molecule has 2 amide bonds. The first kappa shape index (κ1) is 15.8. The third-order valence-electron chi connectivity index (χ3n) is 2.80. The summed E-state index contributed by atoms with van der Waals surface area (Å²) in [5, 5.41) is 12.3. The molecule has 0 unspecified atom stereocenters. The predicted molar refractivity (Wildman–Crippen MR) is 78.8 cm³/mol. The molecule has 0 aromatic heterocycles. The van der Waals surface area contributed by atoms with E-state index < -0.39 is 0 Å². The minimum atomic E-state index is -0.228.